The van der Waals surface area contributed by atoms with E-state index in [1.165, 1.54) is 11.0 Å². The molecule has 1 unspecified atom stereocenters. The molecule has 0 N–H and O–H groups in total. The molecule has 2 fully saturated rings. The van der Waals surface area contributed by atoms with Crippen LogP contribution in [0.25, 0.3) is 0 Å². The summed E-state index contributed by atoms with van der Waals surface area (Å²) < 4.78 is 27.7. The molecule has 1 aromatic rings. The first kappa shape index (κ1) is 19.7. The molecule has 2 amide bonds. The van der Waals surface area contributed by atoms with Gasteiger partial charge in [0.2, 0.25) is 5.91 Å². The van der Waals surface area contributed by atoms with Gasteiger partial charge in [-0.2, -0.15) is 0 Å². The Morgan fingerprint density at radius 3 is 2.33 bits per heavy atom. The maximum absolute atomic E-state index is 13.9. The van der Waals surface area contributed by atoms with Crippen LogP contribution in [-0.4, -0.2) is 71.8 Å². The van der Waals surface area contributed by atoms with Crippen LogP contribution in [0.2, 0.25) is 0 Å². The molecular weight excluding hydrogens is 352 g/mol. The van der Waals surface area contributed by atoms with Gasteiger partial charge in [0.25, 0.3) is 5.91 Å². The van der Waals surface area contributed by atoms with Gasteiger partial charge in [0.1, 0.15) is 17.2 Å². The number of hydrogen-bond donors (Lipinski definition) is 0. The molecule has 7 heteroatoms. The average molecular weight is 379 g/mol. The van der Waals surface area contributed by atoms with Crippen LogP contribution >= 0.6 is 0 Å². The van der Waals surface area contributed by atoms with Gasteiger partial charge in [0.05, 0.1) is 6.04 Å². The van der Waals surface area contributed by atoms with Crippen molar-refractivity contribution in [3.63, 3.8) is 0 Å². The van der Waals surface area contributed by atoms with Gasteiger partial charge in [0.15, 0.2) is 0 Å². The molecule has 0 aromatic heterocycles. The topological polar surface area (TPSA) is 43.9 Å². The fourth-order valence-corrected chi connectivity index (χ4v) is 3.79. The summed E-state index contributed by atoms with van der Waals surface area (Å²) in [7, 11) is 0. The number of carbonyl (C=O) groups is 2. The second-order valence-electron chi connectivity index (χ2n) is 7.74. The van der Waals surface area contributed by atoms with Crippen molar-refractivity contribution in [2.24, 2.45) is 5.92 Å². The van der Waals surface area contributed by atoms with Gasteiger partial charge in [0, 0.05) is 39.3 Å². The molecule has 1 aromatic carbocycles. The minimum atomic E-state index is -0.839. The molecule has 0 spiro atoms. The van der Waals surface area contributed by atoms with E-state index in [0.29, 0.717) is 32.1 Å². The fourth-order valence-electron chi connectivity index (χ4n) is 3.79. The molecule has 0 bridgehead atoms. The Balaban J connectivity index is 1.56. The normalized spacial score (nSPS) is 21.4. The van der Waals surface area contributed by atoms with Crippen LogP contribution in [0.3, 0.4) is 0 Å². The molecule has 2 heterocycles. The van der Waals surface area contributed by atoms with E-state index < -0.39 is 23.1 Å². The lowest BCUT2D eigenvalue weighted by Crippen LogP contribution is -2.54. The maximum Gasteiger partial charge on any atom is 0.259 e. The van der Waals surface area contributed by atoms with E-state index in [0.717, 1.165) is 38.1 Å². The fraction of sp³-hybridized carbons (Fsp3) is 0.600. The van der Waals surface area contributed by atoms with Gasteiger partial charge >= 0.3 is 0 Å². The minimum absolute atomic E-state index is 0.139. The first-order valence-electron chi connectivity index (χ1n) is 9.64. The van der Waals surface area contributed by atoms with Crippen LogP contribution in [-0.2, 0) is 4.79 Å². The van der Waals surface area contributed by atoms with Crippen molar-refractivity contribution in [2.75, 3.05) is 39.3 Å². The van der Waals surface area contributed by atoms with Crippen molar-refractivity contribution in [1.29, 1.82) is 0 Å². The van der Waals surface area contributed by atoms with E-state index >= 15 is 0 Å². The van der Waals surface area contributed by atoms with Crippen molar-refractivity contribution in [2.45, 2.75) is 32.7 Å². The zero-order chi connectivity index (χ0) is 19.6. The number of benzene rings is 1. The standard InChI is InChI=1S/C20H27F2N3O2/c1-14(2)6-8-24-9-7-17(19(24)26)23-10-12-25(13-11-23)20(27)18-15(21)4-3-5-16(18)22/h3-5,14,17H,6-13H2,1-2H3. The zero-order valence-corrected chi connectivity index (χ0v) is 16.0. The third-order valence-electron chi connectivity index (χ3n) is 5.46. The Kier molecular flexibility index (Phi) is 6.09. The van der Waals surface area contributed by atoms with Crippen LogP contribution in [0.1, 0.15) is 37.0 Å². The summed E-state index contributed by atoms with van der Waals surface area (Å²) in [6, 6.07) is 3.29. The summed E-state index contributed by atoms with van der Waals surface area (Å²) in [4.78, 5) is 30.6. The Hall–Kier alpha value is -2.02. The average Bonchev–Trinajstić information content (AvgIpc) is 3.00. The molecular formula is C20H27F2N3O2. The molecule has 2 saturated heterocycles. The minimum Gasteiger partial charge on any atom is -0.341 e. The molecule has 27 heavy (non-hydrogen) atoms. The van der Waals surface area contributed by atoms with Gasteiger partial charge in [-0.25, -0.2) is 8.78 Å². The summed E-state index contributed by atoms with van der Waals surface area (Å²) in [5, 5.41) is 0. The van der Waals surface area contributed by atoms with Crippen molar-refractivity contribution >= 4 is 11.8 Å². The second kappa shape index (κ2) is 8.33. The lowest BCUT2D eigenvalue weighted by molar-refractivity contribution is -0.132. The maximum atomic E-state index is 13.9. The van der Waals surface area contributed by atoms with E-state index in [9.17, 15) is 18.4 Å². The van der Waals surface area contributed by atoms with E-state index in [2.05, 4.69) is 18.7 Å². The van der Waals surface area contributed by atoms with Gasteiger partial charge in [-0.05, 0) is 30.9 Å². The van der Waals surface area contributed by atoms with Gasteiger partial charge < -0.3 is 9.80 Å². The number of piperazine rings is 1. The largest absolute Gasteiger partial charge is 0.341 e. The van der Waals surface area contributed by atoms with E-state index in [-0.39, 0.29) is 11.9 Å². The molecule has 3 rings (SSSR count). The first-order valence-corrected chi connectivity index (χ1v) is 9.64. The third kappa shape index (κ3) is 4.29. The summed E-state index contributed by atoms with van der Waals surface area (Å²) in [6.07, 6.45) is 1.79. The van der Waals surface area contributed by atoms with Crippen LogP contribution in [0, 0.1) is 17.6 Å². The van der Waals surface area contributed by atoms with Crippen LogP contribution in [0.4, 0.5) is 8.78 Å². The highest BCUT2D eigenvalue weighted by molar-refractivity contribution is 5.95. The number of carbonyl (C=O) groups excluding carboxylic acids is 2. The number of rotatable bonds is 5. The van der Waals surface area contributed by atoms with Crippen molar-refractivity contribution < 1.29 is 18.4 Å². The van der Waals surface area contributed by atoms with Crippen molar-refractivity contribution in [3.8, 4) is 0 Å². The lowest BCUT2D eigenvalue weighted by Gasteiger charge is -2.37. The summed E-state index contributed by atoms with van der Waals surface area (Å²) >= 11 is 0. The molecule has 5 nitrogen and oxygen atoms in total. The monoisotopic (exact) mass is 379 g/mol. The van der Waals surface area contributed by atoms with Crippen LogP contribution in [0.5, 0.6) is 0 Å². The Morgan fingerprint density at radius 1 is 1.11 bits per heavy atom. The first-order chi connectivity index (χ1) is 12.9. The van der Waals surface area contributed by atoms with Gasteiger partial charge in [-0.15, -0.1) is 0 Å². The number of amides is 2. The van der Waals surface area contributed by atoms with Crippen LogP contribution < -0.4 is 0 Å². The lowest BCUT2D eigenvalue weighted by atomic mass is 10.1. The molecule has 0 aliphatic carbocycles. The van der Waals surface area contributed by atoms with Crippen molar-refractivity contribution in [3.05, 3.63) is 35.4 Å². The van der Waals surface area contributed by atoms with Crippen molar-refractivity contribution in [1.82, 2.24) is 14.7 Å². The molecule has 2 aliphatic rings. The second-order valence-corrected chi connectivity index (χ2v) is 7.74. The van der Waals surface area contributed by atoms with E-state index in [1.807, 2.05) is 4.90 Å². The molecule has 2 aliphatic heterocycles. The number of hydrogen-bond acceptors (Lipinski definition) is 3. The number of halogens is 2. The summed E-state index contributed by atoms with van der Waals surface area (Å²) in [6.45, 7) is 7.66. The molecule has 1 atom stereocenters. The Morgan fingerprint density at radius 2 is 1.74 bits per heavy atom. The van der Waals surface area contributed by atoms with E-state index in [1.54, 1.807) is 0 Å². The van der Waals surface area contributed by atoms with Crippen LogP contribution in [0.15, 0.2) is 18.2 Å². The highest BCUT2D eigenvalue weighted by Crippen LogP contribution is 2.21. The predicted molar refractivity (Wildman–Crippen MR) is 98.3 cm³/mol. The highest BCUT2D eigenvalue weighted by Gasteiger charge is 2.37. The third-order valence-corrected chi connectivity index (χ3v) is 5.46. The highest BCUT2D eigenvalue weighted by atomic mass is 19.1. The molecule has 0 radical (unpaired) electrons. The smallest absolute Gasteiger partial charge is 0.259 e. The summed E-state index contributed by atoms with van der Waals surface area (Å²) in [5.41, 5.74) is -0.497. The number of nitrogens with zero attached hydrogens (tertiary/aromatic N) is 3. The number of likely N-dealkylation sites (tertiary alicyclic amines) is 1. The Bertz CT molecular complexity index is 682. The van der Waals surface area contributed by atoms with Gasteiger partial charge in [-0.1, -0.05) is 19.9 Å². The van der Waals surface area contributed by atoms with E-state index in [4.69, 9.17) is 0 Å². The predicted octanol–water partition coefficient (Wildman–Crippen LogP) is 2.37. The zero-order valence-electron chi connectivity index (χ0n) is 16.0. The SMILES string of the molecule is CC(C)CCN1CCC(N2CCN(C(=O)c3c(F)cccc3F)CC2)C1=O. The van der Waals surface area contributed by atoms with Gasteiger partial charge in [-0.3, -0.25) is 14.5 Å². The molecule has 148 valence electrons. The quantitative estimate of drug-likeness (QED) is 0.789. The summed E-state index contributed by atoms with van der Waals surface area (Å²) in [5.74, 6) is -1.58. The molecule has 0 saturated carbocycles. The Labute approximate surface area is 158 Å².